The van der Waals surface area contributed by atoms with Gasteiger partial charge in [-0.05, 0) is 24.3 Å². The van der Waals surface area contributed by atoms with E-state index in [1.807, 2.05) is 0 Å². The summed E-state index contributed by atoms with van der Waals surface area (Å²) in [5.41, 5.74) is 2.73. The summed E-state index contributed by atoms with van der Waals surface area (Å²) in [7, 11) is 0. The predicted molar refractivity (Wildman–Crippen MR) is 67.4 cm³/mol. The third kappa shape index (κ3) is 2.92. The number of thiophene rings is 1. The van der Waals surface area contributed by atoms with Gasteiger partial charge in [-0.1, -0.05) is 12.1 Å². The molecule has 0 atom stereocenters. The molecule has 0 radical (unpaired) electrons. The van der Waals surface area contributed by atoms with E-state index in [0.717, 1.165) is 11.3 Å². The first-order chi connectivity index (χ1) is 8.66. The van der Waals surface area contributed by atoms with Gasteiger partial charge in [0, 0.05) is 5.56 Å². The molecule has 0 bridgehead atoms. The maximum atomic E-state index is 12.7. The number of rotatable bonds is 3. The minimum Gasteiger partial charge on any atom is -0.507 e. The van der Waals surface area contributed by atoms with E-state index >= 15 is 0 Å². The minimum absolute atomic E-state index is 0.0673. The van der Waals surface area contributed by atoms with Crippen LogP contribution >= 0.6 is 11.3 Å². The van der Waals surface area contributed by atoms with Gasteiger partial charge in [-0.15, -0.1) is 11.3 Å². The molecular formula is C12H9FN2O2S. The summed E-state index contributed by atoms with van der Waals surface area (Å²) in [5, 5.41) is 12.7. The van der Waals surface area contributed by atoms with Crippen molar-refractivity contribution in [3.8, 4) is 5.75 Å². The highest BCUT2D eigenvalue weighted by molar-refractivity contribution is 7.12. The first kappa shape index (κ1) is 12.3. The molecule has 18 heavy (non-hydrogen) atoms. The van der Waals surface area contributed by atoms with E-state index in [2.05, 4.69) is 10.5 Å². The molecule has 1 amide bonds. The molecule has 2 N–H and O–H groups in total. The average molecular weight is 264 g/mol. The summed E-state index contributed by atoms with van der Waals surface area (Å²) in [6, 6.07) is 9.17. The average Bonchev–Trinajstić information content (AvgIpc) is 2.78. The van der Waals surface area contributed by atoms with Crippen LogP contribution in [0.15, 0.2) is 41.5 Å². The van der Waals surface area contributed by atoms with E-state index in [-0.39, 0.29) is 10.6 Å². The van der Waals surface area contributed by atoms with Gasteiger partial charge >= 0.3 is 0 Å². The van der Waals surface area contributed by atoms with Crippen molar-refractivity contribution in [1.29, 1.82) is 0 Å². The number of hydrogen-bond acceptors (Lipinski definition) is 4. The molecule has 1 heterocycles. The SMILES string of the molecule is O=C(N/N=C/c1ccccc1O)c1ccc(F)s1. The number of phenols is 1. The number of benzene rings is 1. The number of para-hydroxylation sites is 1. The zero-order valence-electron chi connectivity index (χ0n) is 9.13. The van der Waals surface area contributed by atoms with E-state index in [4.69, 9.17) is 0 Å². The van der Waals surface area contributed by atoms with Crippen molar-refractivity contribution in [3.05, 3.63) is 52.0 Å². The molecule has 2 aromatic rings. The quantitative estimate of drug-likeness (QED) is 0.660. The molecule has 0 spiro atoms. The van der Waals surface area contributed by atoms with Crippen molar-refractivity contribution in [3.63, 3.8) is 0 Å². The Morgan fingerprint density at radius 3 is 2.78 bits per heavy atom. The van der Waals surface area contributed by atoms with Gasteiger partial charge in [0.15, 0.2) is 5.13 Å². The van der Waals surface area contributed by atoms with Gasteiger partial charge in [-0.2, -0.15) is 9.49 Å². The fourth-order valence-electron chi connectivity index (χ4n) is 1.25. The molecule has 0 aliphatic heterocycles. The summed E-state index contributed by atoms with van der Waals surface area (Å²) in [6.45, 7) is 0. The monoisotopic (exact) mass is 264 g/mol. The summed E-state index contributed by atoms with van der Waals surface area (Å²) in [5.74, 6) is -0.423. The first-order valence-corrected chi connectivity index (χ1v) is 5.85. The lowest BCUT2D eigenvalue weighted by molar-refractivity contribution is 0.0959. The van der Waals surface area contributed by atoms with Gasteiger partial charge in [-0.25, -0.2) is 5.43 Å². The summed E-state index contributed by atoms with van der Waals surface area (Å²) < 4.78 is 12.7. The van der Waals surface area contributed by atoms with E-state index < -0.39 is 11.0 Å². The van der Waals surface area contributed by atoms with Gasteiger partial charge in [0.25, 0.3) is 5.91 Å². The highest BCUT2D eigenvalue weighted by Crippen LogP contribution is 2.14. The van der Waals surface area contributed by atoms with Crippen LogP contribution in [0.25, 0.3) is 0 Å². The zero-order valence-corrected chi connectivity index (χ0v) is 9.95. The van der Waals surface area contributed by atoms with Gasteiger partial charge in [0.2, 0.25) is 0 Å². The number of nitrogens with zero attached hydrogens (tertiary/aromatic N) is 1. The molecule has 0 saturated heterocycles. The largest absolute Gasteiger partial charge is 0.507 e. The highest BCUT2D eigenvalue weighted by atomic mass is 32.1. The number of phenolic OH excluding ortho intramolecular Hbond substituents is 1. The minimum atomic E-state index is -0.490. The van der Waals surface area contributed by atoms with Crippen LogP contribution in [0.4, 0.5) is 4.39 Å². The van der Waals surface area contributed by atoms with E-state index in [0.29, 0.717) is 5.56 Å². The first-order valence-electron chi connectivity index (χ1n) is 5.03. The molecule has 1 aromatic heterocycles. The Labute approximate surface area is 106 Å². The summed E-state index contributed by atoms with van der Waals surface area (Å²) in [4.78, 5) is 11.7. The summed E-state index contributed by atoms with van der Waals surface area (Å²) >= 11 is 0.743. The van der Waals surface area contributed by atoms with Crippen LogP contribution in [0.1, 0.15) is 15.2 Å². The van der Waals surface area contributed by atoms with Crippen LogP contribution in [0.5, 0.6) is 5.75 Å². The van der Waals surface area contributed by atoms with Crippen LogP contribution in [0.2, 0.25) is 0 Å². The Morgan fingerprint density at radius 1 is 1.33 bits per heavy atom. The number of halogens is 1. The molecule has 0 aliphatic rings. The number of carbonyl (C=O) groups is 1. The van der Waals surface area contributed by atoms with Crippen molar-refractivity contribution in [2.75, 3.05) is 0 Å². The topological polar surface area (TPSA) is 61.7 Å². The number of hydrogen-bond donors (Lipinski definition) is 2. The normalized spacial score (nSPS) is 10.7. The Hall–Kier alpha value is -2.21. The van der Waals surface area contributed by atoms with Crippen molar-refractivity contribution >= 4 is 23.5 Å². The Balaban J connectivity index is 2.00. The second kappa shape index (κ2) is 5.42. The van der Waals surface area contributed by atoms with E-state index in [1.54, 1.807) is 18.2 Å². The van der Waals surface area contributed by atoms with Crippen LogP contribution in [-0.4, -0.2) is 17.2 Å². The predicted octanol–water partition coefficient (Wildman–Crippen LogP) is 2.36. The van der Waals surface area contributed by atoms with Crippen LogP contribution in [0, 0.1) is 5.13 Å². The maximum absolute atomic E-state index is 12.7. The van der Waals surface area contributed by atoms with E-state index in [9.17, 15) is 14.3 Å². The third-order valence-electron chi connectivity index (χ3n) is 2.10. The third-order valence-corrected chi connectivity index (χ3v) is 2.98. The van der Waals surface area contributed by atoms with Gasteiger partial charge in [0.1, 0.15) is 5.75 Å². The number of aromatic hydroxyl groups is 1. The lowest BCUT2D eigenvalue weighted by Gasteiger charge is -1.97. The molecule has 1 aromatic carbocycles. The number of carbonyl (C=O) groups excluding carboxylic acids is 1. The fourth-order valence-corrected chi connectivity index (χ4v) is 1.87. The Bertz CT molecular complexity index is 595. The second-order valence-corrected chi connectivity index (χ2v) is 4.40. The van der Waals surface area contributed by atoms with Crippen molar-refractivity contribution in [1.82, 2.24) is 5.43 Å². The highest BCUT2D eigenvalue weighted by Gasteiger charge is 2.07. The van der Waals surface area contributed by atoms with Gasteiger partial charge in [0.05, 0.1) is 11.1 Å². The molecule has 0 unspecified atom stereocenters. The van der Waals surface area contributed by atoms with Crippen molar-refractivity contribution < 1.29 is 14.3 Å². The second-order valence-electron chi connectivity index (χ2n) is 3.36. The van der Waals surface area contributed by atoms with Crippen molar-refractivity contribution in [2.45, 2.75) is 0 Å². The molecule has 4 nitrogen and oxygen atoms in total. The van der Waals surface area contributed by atoms with Gasteiger partial charge < -0.3 is 5.11 Å². The molecule has 92 valence electrons. The molecule has 6 heteroatoms. The fraction of sp³-hybridized carbons (Fsp3) is 0. The Morgan fingerprint density at radius 2 is 2.11 bits per heavy atom. The molecule has 0 saturated carbocycles. The number of nitrogens with one attached hydrogen (secondary N) is 1. The maximum Gasteiger partial charge on any atom is 0.281 e. The zero-order chi connectivity index (χ0) is 13.0. The molecule has 0 fully saturated rings. The van der Waals surface area contributed by atoms with Crippen molar-refractivity contribution in [2.24, 2.45) is 5.10 Å². The van der Waals surface area contributed by atoms with E-state index in [1.165, 1.54) is 24.4 Å². The van der Waals surface area contributed by atoms with Gasteiger partial charge in [-0.3, -0.25) is 4.79 Å². The lowest BCUT2D eigenvalue weighted by Crippen LogP contribution is -2.16. The van der Waals surface area contributed by atoms with Crippen LogP contribution < -0.4 is 5.43 Å². The van der Waals surface area contributed by atoms with Crippen LogP contribution in [-0.2, 0) is 0 Å². The smallest absolute Gasteiger partial charge is 0.281 e. The van der Waals surface area contributed by atoms with Crippen LogP contribution in [0.3, 0.4) is 0 Å². The standard InChI is InChI=1S/C12H9FN2O2S/c13-11-6-5-10(18-11)12(17)15-14-7-8-3-1-2-4-9(8)16/h1-7,16H,(H,15,17)/b14-7+. The molecular weight excluding hydrogens is 255 g/mol. The lowest BCUT2D eigenvalue weighted by atomic mass is 10.2. The number of amides is 1. The molecule has 2 rings (SSSR count). The number of hydrazone groups is 1. The Kier molecular flexibility index (Phi) is 3.69. The summed E-state index contributed by atoms with van der Waals surface area (Å²) in [6.07, 6.45) is 1.32. The molecule has 0 aliphatic carbocycles.